The summed E-state index contributed by atoms with van der Waals surface area (Å²) >= 11 is 1.57. The van der Waals surface area contributed by atoms with E-state index in [0.29, 0.717) is 42.7 Å². The van der Waals surface area contributed by atoms with Gasteiger partial charge in [0.05, 0.1) is 25.0 Å². The number of carbonyl (C=O) groups is 1. The van der Waals surface area contributed by atoms with Crippen LogP contribution in [0.5, 0.6) is 0 Å². The van der Waals surface area contributed by atoms with E-state index in [0.717, 1.165) is 60.3 Å². The number of amides is 1. The summed E-state index contributed by atoms with van der Waals surface area (Å²) in [4.78, 5) is 25.4. The third-order valence-corrected chi connectivity index (χ3v) is 8.89. The van der Waals surface area contributed by atoms with Crippen molar-refractivity contribution in [3.05, 3.63) is 88.2 Å². The highest BCUT2D eigenvalue weighted by Crippen LogP contribution is 2.33. The van der Waals surface area contributed by atoms with Gasteiger partial charge in [-0.25, -0.2) is 9.37 Å². The summed E-state index contributed by atoms with van der Waals surface area (Å²) in [5.41, 5.74) is 5.93. The van der Waals surface area contributed by atoms with E-state index in [1.807, 2.05) is 41.3 Å². The van der Waals surface area contributed by atoms with Gasteiger partial charge in [0.25, 0.3) is 5.91 Å². The lowest BCUT2D eigenvalue weighted by Gasteiger charge is -2.37. The van der Waals surface area contributed by atoms with Crippen molar-refractivity contribution >= 4 is 29.1 Å². The van der Waals surface area contributed by atoms with Crippen LogP contribution >= 0.6 is 11.3 Å². The second-order valence-electron chi connectivity index (χ2n) is 10.7. The molecule has 7 nitrogen and oxygen atoms in total. The van der Waals surface area contributed by atoms with Crippen LogP contribution in [0.4, 0.5) is 9.52 Å². The molecule has 9 heteroatoms. The average molecular weight is 557 g/mol. The molecule has 0 spiro atoms. The number of likely N-dealkylation sites (tertiary alicyclic amines) is 1. The fraction of sp³-hybridized carbons (Fsp3) is 0.355. The van der Waals surface area contributed by atoms with Gasteiger partial charge in [0.1, 0.15) is 6.17 Å². The highest BCUT2D eigenvalue weighted by atomic mass is 32.1. The number of benzene rings is 2. The molecule has 1 aliphatic carbocycles. The van der Waals surface area contributed by atoms with Crippen molar-refractivity contribution < 1.29 is 9.18 Å². The standard InChI is InChI=1S/C31H33FN6OS/c1-33-17-21-5-7-23(8-6-21)25-18-34-38(20-25)19-22-3-2-4-24(15-22)30(39)36-31-35-28-10-9-27(16-29(28)40-31)37-13-11-26(32)12-14-37/h2-8,15,18,20,26-27H,1,9-14,16-17,19H2,(H,35,36,39). The molecule has 2 aliphatic rings. The second kappa shape index (κ2) is 11.8. The Balaban J connectivity index is 1.08. The molecule has 1 N–H and O–H groups in total. The van der Waals surface area contributed by atoms with E-state index in [4.69, 9.17) is 4.98 Å². The zero-order valence-corrected chi connectivity index (χ0v) is 23.2. The number of alkyl halides is 1. The first-order valence-corrected chi connectivity index (χ1v) is 14.7. The third-order valence-electron chi connectivity index (χ3n) is 7.86. The van der Waals surface area contributed by atoms with Crippen LogP contribution in [-0.2, 0) is 25.9 Å². The Bertz CT molecular complexity index is 1490. The van der Waals surface area contributed by atoms with Gasteiger partial charge in [-0.3, -0.25) is 24.7 Å². The Labute approximate surface area is 237 Å². The number of thiazole rings is 1. The minimum atomic E-state index is -0.653. The zero-order valence-electron chi connectivity index (χ0n) is 22.4. The number of fused-ring (bicyclic) bond motifs is 1. The largest absolute Gasteiger partial charge is 0.300 e. The van der Waals surface area contributed by atoms with E-state index in [-0.39, 0.29) is 5.91 Å². The van der Waals surface area contributed by atoms with E-state index < -0.39 is 6.17 Å². The Morgan fingerprint density at radius 1 is 1.10 bits per heavy atom. The molecule has 3 heterocycles. The molecular formula is C31H33FN6OS. The first-order chi connectivity index (χ1) is 19.5. The molecule has 0 saturated carbocycles. The summed E-state index contributed by atoms with van der Waals surface area (Å²) in [6, 6.07) is 16.3. The Kier molecular flexibility index (Phi) is 7.84. The lowest BCUT2D eigenvalue weighted by atomic mass is 9.94. The maximum atomic E-state index is 13.6. The highest BCUT2D eigenvalue weighted by Gasteiger charge is 2.30. The topological polar surface area (TPSA) is 75.4 Å². The first-order valence-electron chi connectivity index (χ1n) is 13.9. The van der Waals surface area contributed by atoms with Crippen LogP contribution in [0.15, 0.2) is 65.9 Å². The molecule has 4 aromatic rings. The number of aromatic nitrogens is 3. The molecule has 1 atom stereocenters. The van der Waals surface area contributed by atoms with Crippen LogP contribution in [0, 0.1) is 0 Å². The maximum absolute atomic E-state index is 13.6. The highest BCUT2D eigenvalue weighted by molar-refractivity contribution is 7.15. The molecule has 1 fully saturated rings. The van der Waals surface area contributed by atoms with Crippen LogP contribution in [0.25, 0.3) is 11.1 Å². The smallest absolute Gasteiger partial charge is 0.257 e. The SMILES string of the molecule is C=NCc1ccc(-c2cnn(Cc3cccc(C(=O)Nc4nc5c(s4)CC(N4CCC(F)CC4)CC5)c3)c2)cc1. The average Bonchev–Trinajstić information content (AvgIpc) is 3.60. The molecule has 40 heavy (non-hydrogen) atoms. The van der Waals surface area contributed by atoms with E-state index in [1.54, 1.807) is 11.3 Å². The van der Waals surface area contributed by atoms with Crippen LogP contribution < -0.4 is 5.32 Å². The fourth-order valence-electron chi connectivity index (χ4n) is 5.65. The molecule has 0 radical (unpaired) electrons. The molecule has 1 aliphatic heterocycles. The van der Waals surface area contributed by atoms with Crippen molar-refractivity contribution in [3.8, 4) is 11.1 Å². The summed E-state index contributed by atoms with van der Waals surface area (Å²) in [5, 5.41) is 8.19. The summed E-state index contributed by atoms with van der Waals surface area (Å²) in [6.07, 6.45) is 7.36. The molecule has 0 bridgehead atoms. The lowest BCUT2D eigenvalue weighted by molar-refractivity contribution is 0.102. The van der Waals surface area contributed by atoms with Gasteiger partial charge in [0.2, 0.25) is 0 Å². The maximum Gasteiger partial charge on any atom is 0.257 e. The molecule has 2 aromatic carbocycles. The number of rotatable bonds is 8. The van der Waals surface area contributed by atoms with Gasteiger partial charge in [-0.15, -0.1) is 11.3 Å². The number of aliphatic imine (C=N–C) groups is 1. The van der Waals surface area contributed by atoms with Crippen molar-refractivity contribution in [2.24, 2.45) is 4.99 Å². The second-order valence-corrected chi connectivity index (χ2v) is 11.7. The number of halogens is 1. The van der Waals surface area contributed by atoms with Crippen molar-refractivity contribution in [1.82, 2.24) is 19.7 Å². The predicted molar refractivity (Wildman–Crippen MR) is 158 cm³/mol. The molecule has 1 amide bonds. The molecule has 2 aromatic heterocycles. The van der Waals surface area contributed by atoms with Crippen LogP contribution in [-0.4, -0.2) is 57.6 Å². The number of hydrogen-bond acceptors (Lipinski definition) is 6. The lowest BCUT2D eigenvalue weighted by Crippen LogP contribution is -2.44. The van der Waals surface area contributed by atoms with Crippen molar-refractivity contribution in [3.63, 3.8) is 0 Å². The molecule has 6 rings (SSSR count). The van der Waals surface area contributed by atoms with Gasteiger partial charge in [-0.05, 0) is 67.6 Å². The van der Waals surface area contributed by atoms with E-state index in [1.165, 1.54) is 4.88 Å². The summed E-state index contributed by atoms with van der Waals surface area (Å²) in [5.74, 6) is -0.162. The molecule has 206 valence electrons. The number of carbonyl (C=O) groups excluding carboxylic acids is 1. The minimum Gasteiger partial charge on any atom is -0.300 e. The number of nitrogens with one attached hydrogen (secondary N) is 1. The van der Waals surface area contributed by atoms with Gasteiger partial charge in [-0.2, -0.15) is 5.10 Å². The van der Waals surface area contributed by atoms with Gasteiger partial charge >= 0.3 is 0 Å². The number of hydrogen-bond donors (Lipinski definition) is 1. The van der Waals surface area contributed by atoms with Gasteiger partial charge in [0.15, 0.2) is 5.13 Å². The van der Waals surface area contributed by atoms with Gasteiger partial charge < -0.3 is 0 Å². The van der Waals surface area contributed by atoms with Crippen molar-refractivity contribution in [2.75, 3.05) is 18.4 Å². The van der Waals surface area contributed by atoms with Gasteiger partial charge in [-0.1, -0.05) is 36.4 Å². The number of anilines is 1. The minimum absolute atomic E-state index is 0.162. The molecular weight excluding hydrogens is 523 g/mol. The number of nitrogens with zero attached hydrogens (tertiary/aromatic N) is 5. The Morgan fingerprint density at radius 3 is 2.73 bits per heavy atom. The fourth-order valence-corrected chi connectivity index (χ4v) is 6.73. The Hall–Kier alpha value is -3.69. The van der Waals surface area contributed by atoms with Crippen LogP contribution in [0.2, 0.25) is 0 Å². The Morgan fingerprint density at radius 2 is 1.93 bits per heavy atom. The van der Waals surface area contributed by atoms with Gasteiger partial charge in [0, 0.05) is 41.3 Å². The van der Waals surface area contributed by atoms with E-state index >= 15 is 0 Å². The number of aryl methyl sites for hydroxylation is 1. The first kappa shape index (κ1) is 26.5. The van der Waals surface area contributed by atoms with Crippen molar-refractivity contribution in [1.29, 1.82) is 0 Å². The monoisotopic (exact) mass is 556 g/mol. The summed E-state index contributed by atoms with van der Waals surface area (Å²) in [7, 11) is 0. The van der Waals surface area contributed by atoms with Crippen LogP contribution in [0.1, 0.15) is 51.3 Å². The summed E-state index contributed by atoms with van der Waals surface area (Å²) in [6.45, 7) is 6.39. The molecule has 1 unspecified atom stereocenters. The molecule has 1 saturated heterocycles. The quantitative estimate of drug-likeness (QED) is 0.279. The van der Waals surface area contributed by atoms with E-state index in [9.17, 15) is 9.18 Å². The normalized spacial score (nSPS) is 17.9. The van der Waals surface area contributed by atoms with E-state index in [2.05, 4.69) is 51.3 Å². The zero-order chi connectivity index (χ0) is 27.5. The number of piperidine rings is 1. The van der Waals surface area contributed by atoms with Crippen molar-refractivity contribution in [2.45, 2.75) is 57.4 Å². The van der Waals surface area contributed by atoms with Crippen LogP contribution in [0.3, 0.4) is 0 Å². The predicted octanol–water partition coefficient (Wildman–Crippen LogP) is 5.80. The third kappa shape index (κ3) is 6.05. The summed E-state index contributed by atoms with van der Waals surface area (Å²) < 4.78 is 15.5.